The Bertz CT molecular complexity index is 1030. The van der Waals surface area contributed by atoms with E-state index in [1.54, 1.807) is 12.1 Å². The third-order valence-corrected chi connectivity index (χ3v) is 5.30. The van der Waals surface area contributed by atoms with E-state index in [0.29, 0.717) is 5.56 Å². The molecule has 1 saturated heterocycles. The molecule has 2 aliphatic heterocycles. The van der Waals surface area contributed by atoms with Crippen molar-refractivity contribution in [2.24, 2.45) is 0 Å². The molecule has 6 atom stereocenters. The van der Waals surface area contributed by atoms with E-state index < -0.39 is 54.3 Å². The molecule has 11 nitrogen and oxygen atoms in total. The van der Waals surface area contributed by atoms with Gasteiger partial charge in [-0.05, 0) is 17.7 Å². The maximum Gasteiger partial charge on any atom is 0.335 e. The van der Waals surface area contributed by atoms with Gasteiger partial charge in [0.25, 0.3) is 0 Å². The van der Waals surface area contributed by atoms with Gasteiger partial charge in [-0.15, -0.1) is 0 Å². The van der Waals surface area contributed by atoms with E-state index in [4.69, 9.17) is 19.3 Å². The number of rotatable bonds is 4. The minimum Gasteiger partial charge on any atom is -0.508 e. The van der Waals surface area contributed by atoms with Gasteiger partial charge in [0.15, 0.2) is 11.9 Å². The first kappa shape index (κ1) is 21.8. The van der Waals surface area contributed by atoms with E-state index >= 15 is 0 Å². The number of aliphatic hydroxyl groups excluding tert-OH is 3. The second kappa shape index (κ2) is 8.28. The van der Waals surface area contributed by atoms with Gasteiger partial charge in [-0.25, -0.2) is 4.79 Å². The van der Waals surface area contributed by atoms with Gasteiger partial charge in [-0.1, -0.05) is 12.1 Å². The number of aromatic hydroxyl groups is 2. The highest BCUT2D eigenvalue weighted by Gasteiger charge is 2.48. The molecule has 2 aromatic rings. The standard InChI is InChI=1S/C21H20O11/c22-9-3-1-8(2-4-9)13-7-12(24)15-11(23)5-10(6-14(15)31-13)30-21-18(27)16(25)17(26)19(32-21)20(28)29/h1-6,13,16-19,21-23,25-27H,7H2,(H,28,29)/t13-,16-,17-,18?,19?,21+/m0/s1. The molecule has 0 aliphatic carbocycles. The summed E-state index contributed by atoms with van der Waals surface area (Å²) in [5.74, 6) is -2.55. The summed E-state index contributed by atoms with van der Waals surface area (Å²) in [6.45, 7) is 0. The number of hydrogen-bond donors (Lipinski definition) is 6. The smallest absolute Gasteiger partial charge is 0.335 e. The first-order valence-electron chi connectivity index (χ1n) is 9.60. The third-order valence-electron chi connectivity index (χ3n) is 5.30. The molecule has 4 rings (SSSR count). The number of carbonyl (C=O) groups is 2. The average Bonchev–Trinajstić information content (AvgIpc) is 2.73. The number of carboxylic acid groups (broad SMARTS) is 1. The van der Waals surface area contributed by atoms with E-state index in [1.165, 1.54) is 18.2 Å². The Morgan fingerprint density at radius 1 is 1.00 bits per heavy atom. The highest BCUT2D eigenvalue weighted by Crippen LogP contribution is 2.42. The average molecular weight is 448 g/mol. The second-order valence-electron chi connectivity index (χ2n) is 7.49. The van der Waals surface area contributed by atoms with Gasteiger partial charge in [-0.2, -0.15) is 0 Å². The van der Waals surface area contributed by atoms with Crippen LogP contribution in [0.2, 0.25) is 0 Å². The first-order chi connectivity index (χ1) is 15.2. The van der Waals surface area contributed by atoms with E-state index in [-0.39, 0.29) is 29.2 Å². The Hall–Kier alpha value is -3.38. The van der Waals surface area contributed by atoms with Crippen LogP contribution in [-0.4, -0.2) is 73.1 Å². The van der Waals surface area contributed by atoms with Gasteiger partial charge in [0, 0.05) is 12.1 Å². The Morgan fingerprint density at radius 2 is 1.69 bits per heavy atom. The zero-order chi connectivity index (χ0) is 23.2. The molecule has 2 unspecified atom stereocenters. The van der Waals surface area contributed by atoms with Crippen molar-refractivity contribution in [3.63, 3.8) is 0 Å². The summed E-state index contributed by atoms with van der Waals surface area (Å²) < 4.78 is 16.3. The molecule has 2 aromatic carbocycles. The quantitative estimate of drug-likeness (QED) is 0.372. The van der Waals surface area contributed by atoms with Crippen LogP contribution in [0.25, 0.3) is 0 Å². The number of benzene rings is 2. The molecule has 0 amide bonds. The number of Topliss-reactive ketones (excluding diaryl/α,β-unsaturated/α-hetero) is 1. The fourth-order valence-corrected chi connectivity index (χ4v) is 3.64. The lowest BCUT2D eigenvalue weighted by molar-refractivity contribution is -0.271. The largest absolute Gasteiger partial charge is 0.508 e. The topological polar surface area (TPSA) is 183 Å². The maximum atomic E-state index is 12.6. The lowest BCUT2D eigenvalue weighted by Crippen LogP contribution is -2.61. The molecule has 0 saturated carbocycles. The molecule has 0 spiro atoms. The number of aliphatic hydroxyl groups is 3. The van der Waals surface area contributed by atoms with Crippen molar-refractivity contribution in [1.29, 1.82) is 0 Å². The number of ether oxygens (including phenoxy) is 3. The molecule has 2 heterocycles. The summed E-state index contributed by atoms with van der Waals surface area (Å²) in [5.41, 5.74) is 0.538. The number of fused-ring (bicyclic) bond motifs is 1. The predicted molar refractivity (Wildman–Crippen MR) is 103 cm³/mol. The second-order valence-corrected chi connectivity index (χ2v) is 7.49. The fraction of sp³-hybridized carbons (Fsp3) is 0.333. The van der Waals surface area contributed by atoms with Crippen LogP contribution >= 0.6 is 0 Å². The van der Waals surface area contributed by atoms with Crippen LogP contribution in [0.4, 0.5) is 0 Å². The summed E-state index contributed by atoms with van der Waals surface area (Å²) in [6.07, 6.45) is -9.86. The molecule has 0 aromatic heterocycles. The highest BCUT2D eigenvalue weighted by molar-refractivity contribution is 6.02. The SMILES string of the molecule is O=C1C[C@@H](c2ccc(O)cc2)Oc2cc(O[C@@H]3OC(C(=O)O)[C@@H](O)[C@H](O)C3O)cc(O)c21. The monoisotopic (exact) mass is 448 g/mol. The molecule has 11 heteroatoms. The molecule has 0 bridgehead atoms. The number of aliphatic carboxylic acids is 1. The lowest BCUT2D eigenvalue weighted by atomic mass is 9.95. The number of ketones is 1. The van der Waals surface area contributed by atoms with E-state index in [2.05, 4.69) is 0 Å². The predicted octanol–water partition coefficient (Wildman–Crippen LogP) is 0.0753. The summed E-state index contributed by atoms with van der Waals surface area (Å²) >= 11 is 0. The summed E-state index contributed by atoms with van der Waals surface area (Å²) in [4.78, 5) is 23.8. The normalized spacial score (nSPS) is 29.7. The van der Waals surface area contributed by atoms with Gasteiger partial charge in [-0.3, -0.25) is 4.79 Å². The minimum atomic E-state index is -1.88. The summed E-state index contributed by atoms with van der Waals surface area (Å²) in [7, 11) is 0. The Morgan fingerprint density at radius 3 is 2.34 bits per heavy atom. The number of carboxylic acids is 1. The van der Waals surface area contributed by atoms with Crippen LogP contribution in [0, 0.1) is 0 Å². The van der Waals surface area contributed by atoms with Crippen molar-refractivity contribution in [2.45, 2.75) is 43.2 Å². The van der Waals surface area contributed by atoms with Gasteiger partial charge < -0.3 is 44.8 Å². The molecule has 1 fully saturated rings. The number of phenols is 2. The van der Waals surface area contributed by atoms with Crippen molar-refractivity contribution >= 4 is 11.8 Å². The number of hydrogen-bond acceptors (Lipinski definition) is 10. The zero-order valence-corrected chi connectivity index (χ0v) is 16.4. The van der Waals surface area contributed by atoms with Gasteiger partial charge in [0.2, 0.25) is 6.29 Å². The zero-order valence-electron chi connectivity index (χ0n) is 16.4. The fourth-order valence-electron chi connectivity index (χ4n) is 3.64. The number of phenolic OH excluding ortho intramolecular Hbond substituents is 2. The maximum absolute atomic E-state index is 12.6. The highest BCUT2D eigenvalue weighted by atomic mass is 16.7. The number of carbonyl (C=O) groups excluding carboxylic acids is 1. The summed E-state index contributed by atoms with van der Waals surface area (Å²) in [6, 6.07) is 8.37. The van der Waals surface area contributed by atoms with Crippen molar-refractivity contribution < 1.29 is 54.4 Å². The summed E-state index contributed by atoms with van der Waals surface area (Å²) in [5, 5.41) is 58.7. The van der Waals surface area contributed by atoms with Gasteiger partial charge in [0.1, 0.15) is 53.0 Å². The molecule has 170 valence electrons. The molecular formula is C21H20O11. The molecular weight excluding hydrogens is 428 g/mol. The Labute approximate surface area is 180 Å². The molecule has 2 aliphatic rings. The van der Waals surface area contributed by atoms with Crippen LogP contribution in [0.15, 0.2) is 36.4 Å². The van der Waals surface area contributed by atoms with E-state index in [9.17, 15) is 35.1 Å². The van der Waals surface area contributed by atoms with E-state index in [1.807, 2.05) is 0 Å². The van der Waals surface area contributed by atoms with Crippen molar-refractivity contribution in [3.8, 4) is 23.0 Å². The Balaban J connectivity index is 1.60. The van der Waals surface area contributed by atoms with Crippen LogP contribution in [0.5, 0.6) is 23.0 Å². The van der Waals surface area contributed by atoms with Crippen molar-refractivity contribution in [1.82, 2.24) is 0 Å². The lowest BCUT2D eigenvalue weighted by Gasteiger charge is -2.38. The first-order valence-corrected chi connectivity index (χ1v) is 9.60. The van der Waals surface area contributed by atoms with Crippen LogP contribution < -0.4 is 9.47 Å². The molecule has 32 heavy (non-hydrogen) atoms. The van der Waals surface area contributed by atoms with Gasteiger partial charge in [0.05, 0.1) is 6.42 Å². The van der Waals surface area contributed by atoms with Crippen LogP contribution in [0.1, 0.15) is 28.4 Å². The molecule has 6 N–H and O–H groups in total. The van der Waals surface area contributed by atoms with E-state index in [0.717, 1.165) is 6.07 Å². The van der Waals surface area contributed by atoms with Gasteiger partial charge >= 0.3 is 5.97 Å². The molecule has 0 radical (unpaired) electrons. The third kappa shape index (κ3) is 3.94. The van der Waals surface area contributed by atoms with Crippen molar-refractivity contribution in [2.75, 3.05) is 0 Å². The van der Waals surface area contributed by atoms with Crippen LogP contribution in [-0.2, 0) is 9.53 Å². The van der Waals surface area contributed by atoms with Crippen LogP contribution in [0.3, 0.4) is 0 Å². The van der Waals surface area contributed by atoms with Crippen molar-refractivity contribution in [3.05, 3.63) is 47.5 Å². The minimum absolute atomic E-state index is 0.0185. The Kier molecular flexibility index (Phi) is 5.65.